The van der Waals surface area contributed by atoms with Crippen LogP contribution in [0.4, 0.5) is 0 Å². The van der Waals surface area contributed by atoms with E-state index in [0.717, 1.165) is 33.4 Å². The number of hydrogen-bond donors (Lipinski definition) is 2. The Hall–Kier alpha value is -3.64. The molecule has 1 aliphatic rings. The van der Waals surface area contributed by atoms with Crippen molar-refractivity contribution in [3.8, 4) is 17.4 Å². The monoisotopic (exact) mass is 399 g/mol. The molecule has 0 saturated heterocycles. The predicted molar refractivity (Wildman–Crippen MR) is 113 cm³/mol. The lowest BCUT2D eigenvalue weighted by Gasteiger charge is -2.30. The molecule has 1 aromatic heterocycles. The van der Waals surface area contributed by atoms with Gasteiger partial charge in [-0.15, -0.1) is 0 Å². The lowest BCUT2D eigenvalue weighted by molar-refractivity contribution is 0.271. The summed E-state index contributed by atoms with van der Waals surface area (Å²) < 4.78 is 13.5. The van der Waals surface area contributed by atoms with Gasteiger partial charge >= 0.3 is 0 Å². The SMILES string of the molecule is COc1ccccc1[C@H]1c2c(ncn(CCO)c2=N)Oc2ccc3ccccc3c21. The number of nitrogens with zero attached hydrogens (tertiary/aromatic N) is 2. The summed E-state index contributed by atoms with van der Waals surface area (Å²) in [5.74, 6) is 1.58. The largest absolute Gasteiger partial charge is 0.496 e. The highest BCUT2D eigenvalue weighted by Gasteiger charge is 2.34. The van der Waals surface area contributed by atoms with Gasteiger partial charge in [0.25, 0.3) is 0 Å². The maximum absolute atomic E-state index is 9.43. The van der Waals surface area contributed by atoms with Crippen molar-refractivity contribution in [2.24, 2.45) is 0 Å². The fraction of sp³-hybridized carbons (Fsp3) is 0.167. The number of hydrogen-bond acceptors (Lipinski definition) is 5. The van der Waals surface area contributed by atoms with Crippen LogP contribution in [0.25, 0.3) is 10.8 Å². The van der Waals surface area contributed by atoms with Crippen molar-refractivity contribution >= 4 is 10.8 Å². The molecule has 1 atom stereocenters. The van der Waals surface area contributed by atoms with Crippen molar-refractivity contribution in [1.82, 2.24) is 9.55 Å². The quantitative estimate of drug-likeness (QED) is 0.482. The van der Waals surface area contributed by atoms with E-state index in [0.29, 0.717) is 18.0 Å². The molecule has 0 bridgehead atoms. The van der Waals surface area contributed by atoms with Crippen LogP contribution in [-0.4, -0.2) is 28.4 Å². The van der Waals surface area contributed by atoms with Crippen LogP contribution in [0.3, 0.4) is 0 Å². The average molecular weight is 399 g/mol. The number of aromatic nitrogens is 2. The van der Waals surface area contributed by atoms with Crippen LogP contribution in [0.5, 0.6) is 17.4 Å². The third-order valence-corrected chi connectivity index (χ3v) is 5.59. The van der Waals surface area contributed by atoms with Crippen molar-refractivity contribution in [2.75, 3.05) is 13.7 Å². The van der Waals surface area contributed by atoms with Gasteiger partial charge < -0.3 is 19.1 Å². The van der Waals surface area contributed by atoms with Crippen molar-refractivity contribution in [2.45, 2.75) is 12.5 Å². The number of rotatable bonds is 4. The number of ether oxygens (including phenoxy) is 2. The Balaban J connectivity index is 1.89. The summed E-state index contributed by atoms with van der Waals surface area (Å²) in [7, 11) is 1.65. The zero-order valence-electron chi connectivity index (χ0n) is 16.5. The van der Waals surface area contributed by atoms with Crippen LogP contribution in [-0.2, 0) is 6.54 Å². The fourth-order valence-corrected chi connectivity index (χ4v) is 4.25. The molecule has 2 N–H and O–H groups in total. The maximum Gasteiger partial charge on any atom is 0.228 e. The number of aliphatic hydroxyl groups is 1. The van der Waals surface area contributed by atoms with Gasteiger partial charge in [-0.05, 0) is 22.9 Å². The Morgan fingerprint density at radius 2 is 1.87 bits per heavy atom. The van der Waals surface area contributed by atoms with Crippen molar-refractivity contribution in [3.05, 3.63) is 89.2 Å². The molecule has 6 heteroatoms. The van der Waals surface area contributed by atoms with Crippen molar-refractivity contribution in [3.63, 3.8) is 0 Å². The van der Waals surface area contributed by atoms with Gasteiger partial charge in [-0.1, -0.05) is 48.5 Å². The van der Waals surface area contributed by atoms with E-state index in [1.54, 1.807) is 18.0 Å². The van der Waals surface area contributed by atoms with Gasteiger partial charge in [-0.25, -0.2) is 4.98 Å². The molecule has 0 amide bonds. The van der Waals surface area contributed by atoms with Crippen LogP contribution < -0.4 is 15.0 Å². The summed E-state index contributed by atoms with van der Waals surface area (Å²) in [6.45, 7) is 0.219. The number of methoxy groups -OCH3 is 1. The van der Waals surface area contributed by atoms with E-state index in [4.69, 9.17) is 14.9 Å². The smallest absolute Gasteiger partial charge is 0.228 e. The zero-order valence-corrected chi connectivity index (χ0v) is 16.5. The Kier molecular flexibility index (Phi) is 4.48. The molecule has 5 rings (SSSR count). The Labute approximate surface area is 173 Å². The normalized spacial score (nSPS) is 14.7. The lowest BCUT2D eigenvalue weighted by atomic mass is 9.81. The molecule has 1 aliphatic heterocycles. The highest BCUT2D eigenvalue weighted by atomic mass is 16.5. The molecular weight excluding hydrogens is 378 g/mol. The second-order valence-corrected chi connectivity index (χ2v) is 7.20. The summed E-state index contributed by atoms with van der Waals surface area (Å²) in [6.07, 6.45) is 1.54. The summed E-state index contributed by atoms with van der Waals surface area (Å²) in [5.41, 5.74) is 2.86. The van der Waals surface area contributed by atoms with Crippen LogP contribution >= 0.6 is 0 Å². The first-order chi connectivity index (χ1) is 14.7. The first-order valence-electron chi connectivity index (χ1n) is 9.80. The van der Waals surface area contributed by atoms with Gasteiger partial charge in [0.2, 0.25) is 5.88 Å². The molecule has 0 saturated carbocycles. The minimum absolute atomic E-state index is 0.0727. The molecule has 3 aromatic carbocycles. The third-order valence-electron chi connectivity index (χ3n) is 5.59. The number of nitrogens with one attached hydrogen (secondary N) is 1. The van der Waals surface area contributed by atoms with Crippen LogP contribution in [0.2, 0.25) is 0 Å². The minimum atomic E-state index is -0.294. The van der Waals surface area contributed by atoms with E-state index in [-0.39, 0.29) is 18.0 Å². The highest BCUT2D eigenvalue weighted by Crippen LogP contribution is 2.49. The molecule has 30 heavy (non-hydrogen) atoms. The standard InChI is InChI=1S/C24H21N3O3/c1-29-18-9-5-4-8-17(18)21-20-16-7-3-2-6-15(16)10-11-19(20)30-24-22(21)23(25)27(12-13-28)14-26-24/h2-11,14,21,25,28H,12-13H2,1H3/t21-/m1/s1. The van der Waals surface area contributed by atoms with Crippen LogP contribution in [0.1, 0.15) is 22.6 Å². The summed E-state index contributed by atoms with van der Waals surface area (Å²) in [6, 6.07) is 20.0. The molecule has 6 nitrogen and oxygen atoms in total. The topological polar surface area (TPSA) is 80.4 Å². The lowest BCUT2D eigenvalue weighted by Crippen LogP contribution is -2.30. The van der Waals surface area contributed by atoms with Crippen molar-refractivity contribution < 1.29 is 14.6 Å². The van der Waals surface area contributed by atoms with E-state index < -0.39 is 0 Å². The Bertz CT molecular complexity index is 1310. The molecule has 4 aromatic rings. The molecule has 0 fully saturated rings. The summed E-state index contributed by atoms with van der Waals surface area (Å²) >= 11 is 0. The molecule has 150 valence electrons. The summed E-state index contributed by atoms with van der Waals surface area (Å²) in [4.78, 5) is 4.48. The second-order valence-electron chi connectivity index (χ2n) is 7.20. The van der Waals surface area contributed by atoms with Gasteiger partial charge in [0.1, 0.15) is 23.3 Å². The van der Waals surface area contributed by atoms with Crippen LogP contribution in [0, 0.1) is 5.41 Å². The average Bonchev–Trinajstić information content (AvgIpc) is 2.79. The first-order valence-corrected chi connectivity index (χ1v) is 9.80. The molecule has 0 unspecified atom stereocenters. The van der Waals surface area contributed by atoms with Gasteiger partial charge in [0.15, 0.2) is 0 Å². The molecule has 0 radical (unpaired) electrons. The van der Waals surface area contributed by atoms with Gasteiger partial charge in [0, 0.05) is 17.7 Å². The second kappa shape index (κ2) is 7.31. The first kappa shape index (κ1) is 18.4. The van der Waals surface area contributed by atoms with Crippen LogP contribution in [0.15, 0.2) is 67.0 Å². The van der Waals surface area contributed by atoms with Gasteiger partial charge in [0.05, 0.1) is 25.2 Å². The Morgan fingerprint density at radius 3 is 2.70 bits per heavy atom. The van der Waals surface area contributed by atoms with Gasteiger partial charge in [-0.2, -0.15) is 0 Å². The minimum Gasteiger partial charge on any atom is -0.496 e. The molecule has 0 aliphatic carbocycles. The van der Waals surface area contributed by atoms with E-state index in [1.807, 2.05) is 48.5 Å². The number of benzene rings is 3. The van der Waals surface area contributed by atoms with E-state index in [2.05, 4.69) is 17.1 Å². The number of fused-ring (bicyclic) bond motifs is 4. The predicted octanol–water partition coefficient (Wildman–Crippen LogP) is 3.80. The van der Waals surface area contributed by atoms with Crippen molar-refractivity contribution in [1.29, 1.82) is 5.41 Å². The zero-order chi connectivity index (χ0) is 20.7. The highest BCUT2D eigenvalue weighted by molar-refractivity contribution is 5.90. The fourth-order valence-electron chi connectivity index (χ4n) is 4.25. The van der Waals surface area contributed by atoms with E-state index >= 15 is 0 Å². The Morgan fingerprint density at radius 1 is 1.07 bits per heavy atom. The number of aliphatic hydroxyl groups excluding tert-OH is 1. The van der Waals surface area contributed by atoms with E-state index in [9.17, 15) is 5.11 Å². The molecule has 0 spiro atoms. The number of para-hydroxylation sites is 1. The van der Waals surface area contributed by atoms with E-state index in [1.165, 1.54) is 0 Å². The third kappa shape index (κ3) is 2.76. The maximum atomic E-state index is 9.43. The molecule has 2 heterocycles. The summed E-state index contributed by atoms with van der Waals surface area (Å²) in [5, 5.41) is 20.5. The molecular formula is C24H21N3O3. The van der Waals surface area contributed by atoms with Gasteiger partial charge in [-0.3, -0.25) is 5.41 Å².